The number of benzene rings is 2. The van der Waals surface area contributed by atoms with Crippen LogP contribution in [-0.4, -0.2) is 31.7 Å². The van der Waals surface area contributed by atoms with Crippen LogP contribution in [-0.2, 0) is 6.18 Å². The Balaban J connectivity index is 1.55. The van der Waals surface area contributed by atoms with E-state index in [4.69, 9.17) is 22.1 Å². The highest BCUT2D eigenvalue weighted by Crippen LogP contribution is 2.40. The van der Waals surface area contributed by atoms with Gasteiger partial charge in [0, 0.05) is 11.6 Å². The monoisotopic (exact) mass is 532 g/mol. The van der Waals surface area contributed by atoms with Crippen molar-refractivity contribution in [2.45, 2.75) is 25.1 Å². The summed E-state index contributed by atoms with van der Waals surface area (Å²) in [5, 5.41) is 7.14. The SMILES string of the molecule is NC(=O)c1c(-c2ccc(Oc3ncnc(NC4CC4)c3Cl)c(F)c2)nn(-c2ccccc2)c1C(F)(F)F. The quantitative estimate of drug-likeness (QED) is 0.300. The average Bonchev–Trinajstić information content (AvgIpc) is 3.57. The molecule has 13 heteroatoms. The lowest BCUT2D eigenvalue weighted by Crippen LogP contribution is -2.21. The summed E-state index contributed by atoms with van der Waals surface area (Å²) < 4.78 is 63.2. The number of rotatable bonds is 7. The van der Waals surface area contributed by atoms with E-state index in [9.17, 15) is 18.0 Å². The van der Waals surface area contributed by atoms with Crippen molar-refractivity contribution in [3.05, 3.63) is 77.0 Å². The van der Waals surface area contributed by atoms with Crippen LogP contribution in [0.15, 0.2) is 54.9 Å². The number of nitrogens with two attached hydrogens (primary N) is 1. The van der Waals surface area contributed by atoms with Crippen LogP contribution in [0.4, 0.5) is 23.4 Å². The van der Waals surface area contributed by atoms with E-state index < -0.39 is 34.9 Å². The molecular formula is C24H17ClF4N6O2. The maximum atomic E-state index is 15.1. The molecule has 0 bridgehead atoms. The van der Waals surface area contributed by atoms with E-state index in [1.54, 1.807) is 6.07 Å². The zero-order valence-electron chi connectivity index (χ0n) is 18.8. The number of nitrogens with zero attached hydrogens (tertiary/aromatic N) is 4. The molecule has 1 aliphatic rings. The third-order valence-corrected chi connectivity index (χ3v) is 5.83. The molecule has 0 atom stereocenters. The Bertz CT molecular complexity index is 1490. The number of anilines is 1. The fourth-order valence-corrected chi connectivity index (χ4v) is 3.84. The van der Waals surface area contributed by atoms with Gasteiger partial charge in [-0.25, -0.2) is 14.1 Å². The minimum absolute atomic E-state index is 0.0398. The first-order valence-corrected chi connectivity index (χ1v) is 11.3. The van der Waals surface area contributed by atoms with Gasteiger partial charge in [-0.1, -0.05) is 29.8 Å². The molecule has 0 radical (unpaired) electrons. The summed E-state index contributed by atoms with van der Waals surface area (Å²) in [6.07, 6.45) is -1.85. The molecule has 5 rings (SSSR count). The van der Waals surface area contributed by atoms with Gasteiger partial charge in [-0.2, -0.15) is 23.3 Å². The lowest BCUT2D eigenvalue weighted by atomic mass is 10.0. The Morgan fingerprint density at radius 2 is 1.86 bits per heavy atom. The minimum Gasteiger partial charge on any atom is -0.434 e. The first kappa shape index (κ1) is 24.5. The van der Waals surface area contributed by atoms with Gasteiger partial charge in [-0.3, -0.25) is 4.79 Å². The molecule has 2 aromatic heterocycles. The summed E-state index contributed by atoms with van der Waals surface area (Å²) in [7, 11) is 0. The second kappa shape index (κ2) is 9.36. The van der Waals surface area contributed by atoms with Crippen LogP contribution < -0.4 is 15.8 Å². The van der Waals surface area contributed by atoms with Crippen LogP contribution in [0, 0.1) is 5.82 Å². The van der Waals surface area contributed by atoms with Gasteiger partial charge in [-0.15, -0.1) is 0 Å². The van der Waals surface area contributed by atoms with Gasteiger partial charge in [0.1, 0.15) is 17.0 Å². The van der Waals surface area contributed by atoms with Gasteiger partial charge < -0.3 is 15.8 Å². The Morgan fingerprint density at radius 1 is 1.14 bits per heavy atom. The molecule has 0 aliphatic heterocycles. The van der Waals surface area contributed by atoms with Crippen molar-refractivity contribution in [3.8, 4) is 28.6 Å². The normalized spacial score (nSPS) is 13.4. The summed E-state index contributed by atoms with van der Waals surface area (Å²) in [4.78, 5) is 20.1. The van der Waals surface area contributed by atoms with E-state index in [0.717, 1.165) is 25.0 Å². The number of halogens is 5. The predicted octanol–water partition coefficient (Wildman–Crippen LogP) is 5.61. The van der Waals surface area contributed by atoms with Crippen molar-refractivity contribution < 1.29 is 27.1 Å². The molecule has 0 saturated heterocycles. The Hall–Kier alpha value is -4.19. The Labute approximate surface area is 212 Å². The van der Waals surface area contributed by atoms with Crippen molar-refractivity contribution in [2.75, 3.05) is 5.32 Å². The van der Waals surface area contributed by atoms with Gasteiger partial charge in [0.05, 0.1) is 11.3 Å². The van der Waals surface area contributed by atoms with Gasteiger partial charge in [-0.05, 0) is 43.2 Å². The Kier molecular flexibility index (Phi) is 6.20. The van der Waals surface area contributed by atoms with Crippen molar-refractivity contribution in [1.82, 2.24) is 19.7 Å². The van der Waals surface area contributed by atoms with Crippen molar-refractivity contribution in [1.29, 1.82) is 0 Å². The van der Waals surface area contributed by atoms with E-state index in [1.807, 2.05) is 0 Å². The highest BCUT2D eigenvalue weighted by Gasteiger charge is 2.42. The van der Waals surface area contributed by atoms with E-state index in [-0.39, 0.29) is 33.9 Å². The Morgan fingerprint density at radius 3 is 2.49 bits per heavy atom. The fraction of sp³-hybridized carbons (Fsp3) is 0.167. The van der Waals surface area contributed by atoms with Crippen LogP contribution in [0.25, 0.3) is 16.9 Å². The maximum Gasteiger partial charge on any atom is 0.434 e. The van der Waals surface area contributed by atoms with Gasteiger partial charge in [0.15, 0.2) is 23.1 Å². The molecule has 1 saturated carbocycles. The average molecular weight is 533 g/mol. The highest BCUT2D eigenvalue weighted by atomic mass is 35.5. The largest absolute Gasteiger partial charge is 0.434 e. The van der Waals surface area contributed by atoms with Gasteiger partial charge >= 0.3 is 6.18 Å². The first-order valence-electron chi connectivity index (χ1n) is 10.9. The fourth-order valence-electron chi connectivity index (χ4n) is 3.65. The zero-order valence-corrected chi connectivity index (χ0v) is 19.5. The molecule has 37 heavy (non-hydrogen) atoms. The smallest absolute Gasteiger partial charge is 0.434 e. The van der Waals surface area contributed by atoms with Crippen molar-refractivity contribution >= 4 is 23.3 Å². The lowest BCUT2D eigenvalue weighted by molar-refractivity contribution is -0.143. The summed E-state index contributed by atoms with van der Waals surface area (Å²) in [6.45, 7) is 0. The van der Waals surface area contributed by atoms with Crippen molar-refractivity contribution in [2.24, 2.45) is 5.73 Å². The van der Waals surface area contributed by atoms with E-state index in [1.165, 1.54) is 36.7 Å². The summed E-state index contributed by atoms with van der Waals surface area (Å²) in [5.74, 6) is -2.41. The molecule has 2 heterocycles. The van der Waals surface area contributed by atoms with Crippen LogP contribution in [0.3, 0.4) is 0 Å². The number of para-hydroxylation sites is 1. The summed E-state index contributed by atoms with van der Waals surface area (Å²) in [5.41, 5.74) is 2.55. The zero-order chi connectivity index (χ0) is 26.3. The van der Waals surface area contributed by atoms with Gasteiger partial charge in [0.2, 0.25) is 5.88 Å². The van der Waals surface area contributed by atoms with Crippen LogP contribution in [0.2, 0.25) is 5.02 Å². The number of amides is 1. The molecule has 1 fully saturated rings. The molecule has 0 unspecified atom stereocenters. The number of aromatic nitrogens is 4. The number of carbonyl (C=O) groups is 1. The van der Waals surface area contributed by atoms with E-state index in [0.29, 0.717) is 10.5 Å². The second-order valence-electron chi connectivity index (χ2n) is 8.19. The number of nitrogens with one attached hydrogen (secondary N) is 1. The molecule has 4 aromatic rings. The van der Waals surface area contributed by atoms with Crippen LogP contribution in [0.1, 0.15) is 28.9 Å². The standard InChI is InChI=1S/C24H17ClF4N6O2/c25-18-22(33-13-7-8-13)31-11-32-23(18)37-16-9-6-12(10-15(16)26)19-17(21(30)36)20(24(27,28)29)35(34-19)14-4-2-1-3-5-14/h1-6,9-11,13H,7-8H2,(H2,30,36)(H,31,32,33). The molecule has 3 N–H and O–H groups in total. The molecule has 1 amide bonds. The maximum absolute atomic E-state index is 15.1. The molecule has 0 spiro atoms. The number of alkyl halides is 3. The first-order chi connectivity index (χ1) is 17.6. The number of primary amides is 1. The molecule has 2 aromatic carbocycles. The number of carbonyl (C=O) groups excluding carboxylic acids is 1. The van der Waals surface area contributed by atoms with Crippen LogP contribution >= 0.6 is 11.6 Å². The minimum atomic E-state index is -4.98. The van der Waals surface area contributed by atoms with Gasteiger partial charge in [0.25, 0.3) is 5.91 Å². The van der Waals surface area contributed by atoms with E-state index >= 15 is 4.39 Å². The lowest BCUT2D eigenvalue weighted by Gasteiger charge is -2.11. The topological polar surface area (TPSA) is 108 Å². The third kappa shape index (κ3) is 4.92. The third-order valence-electron chi connectivity index (χ3n) is 5.49. The van der Waals surface area contributed by atoms with E-state index in [2.05, 4.69) is 20.4 Å². The number of hydrogen-bond acceptors (Lipinski definition) is 6. The summed E-state index contributed by atoms with van der Waals surface area (Å²) in [6, 6.07) is 10.9. The predicted molar refractivity (Wildman–Crippen MR) is 126 cm³/mol. The molecule has 190 valence electrons. The highest BCUT2D eigenvalue weighted by molar-refractivity contribution is 6.34. The number of hydrogen-bond donors (Lipinski definition) is 2. The second-order valence-corrected chi connectivity index (χ2v) is 8.57. The molecular weight excluding hydrogens is 516 g/mol. The summed E-state index contributed by atoms with van der Waals surface area (Å²) >= 11 is 6.28. The molecule has 8 nitrogen and oxygen atoms in total. The van der Waals surface area contributed by atoms with Crippen molar-refractivity contribution in [3.63, 3.8) is 0 Å². The van der Waals surface area contributed by atoms with Crippen LogP contribution in [0.5, 0.6) is 11.6 Å². The number of ether oxygens (including phenoxy) is 1. The molecule has 1 aliphatic carbocycles.